The minimum absolute atomic E-state index is 0. The summed E-state index contributed by atoms with van der Waals surface area (Å²) in [5.41, 5.74) is 1.30. The van der Waals surface area contributed by atoms with Crippen LogP contribution < -0.4 is 0 Å². The third-order valence-electron chi connectivity index (χ3n) is 2.21. The van der Waals surface area contributed by atoms with E-state index in [1.54, 1.807) is 6.08 Å². The standard InChI is InChI=1S/C9H9Br.C6H4Br2.C3H5Br.CH4/c1-2-3-8-4-6-9(10)7-5-8;7-5-1-2-6(8)4-3-5;1-2-3-4;/h2,4-7H,1,3H2;1-4H;2H,1,3H2;1H4. The molecule has 0 fully saturated rings. The summed E-state index contributed by atoms with van der Waals surface area (Å²) in [4.78, 5) is 0. The minimum atomic E-state index is 0. The summed E-state index contributed by atoms with van der Waals surface area (Å²) >= 11 is 13.2. The molecule has 0 bridgehead atoms. The Morgan fingerprint density at radius 2 is 1.00 bits per heavy atom. The molecule has 0 nitrogen and oxygen atoms in total. The van der Waals surface area contributed by atoms with Crippen LogP contribution in [-0.2, 0) is 6.42 Å². The summed E-state index contributed by atoms with van der Waals surface area (Å²) in [7, 11) is 0. The summed E-state index contributed by atoms with van der Waals surface area (Å²) in [5.74, 6) is 0. The first kappa shape index (κ1) is 25.1. The van der Waals surface area contributed by atoms with Gasteiger partial charge in [-0.3, -0.25) is 0 Å². The van der Waals surface area contributed by atoms with Crippen molar-refractivity contribution < 1.29 is 0 Å². The van der Waals surface area contributed by atoms with Gasteiger partial charge in [0.2, 0.25) is 0 Å². The quantitative estimate of drug-likeness (QED) is 0.256. The molecule has 0 heterocycles. The Morgan fingerprint density at radius 3 is 1.26 bits per heavy atom. The molecule has 126 valence electrons. The van der Waals surface area contributed by atoms with Crippen LogP contribution in [0.3, 0.4) is 0 Å². The number of hydrogen-bond acceptors (Lipinski definition) is 0. The van der Waals surface area contributed by atoms with Gasteiger partial charge in [-0.05, 0) is 48.4 Å². The molecule has 23 heavy (non-hydrogen) atoms. The third kappa shape index (κ3) is 15.1. The van der Waals surface area contributed by atoms with Gasteiger partial charge in [0, 0.05) is 18.7 Å². The Balaban J connectivity index is 0. The maximum absolute atomic E-state index is 3.67. The molecular formula is C19H22Br4. The van der Waals surface area contributed by atoms with E-state index in [9.17, 15) is 0 Å². The smallest absolute Gasteiger partial charge is 0.0209 e. The molecule has 0 spiro atoms. The van der Waals surface area contributed by atoms with E-state index >= 15 is 0 Å². The molecule has 4 heteroatoms. The third-order valence-corrected chi connectivity index (χ3v) is 4.25. The van der Waals surface area contributed by atoms with Gasteiger partial charge < -0.3 is 0 Å². The van der Waals surface area contributed by atoms with Gasteiger partial charge in [0.05, 0.1) is 0 Å². The molecular weight excluding hydrogens is 548 g/mol. The fourth-order valence-corrected chi connectivity index (χ4v) is 2.01. The van der Waals surface area contributed by atoms with Crippen molar-refractivity contribution in [3.63, 3.8) is 0 Å². The highest BCUT2D eigenvalue weighted by Gasteiger charge is 1.87. The predicted octanol–water partition coefficient (Wildman–Crippen LogP) is 8.59. The first-order chi connectivity index (χ1) is 10.5. The lowest BCUT2D eigenvalue weighted by Gasteiger charge is -1.94. The van der Waals surface area contributed by atoms with Crippen LogP contribution in [0.25, 0.3) is 0 Å². The van der Waals surface area contributed by atoms with Crippen molar-refractivity contribution >= 4 is 63.7 Å². The van der Waals surface area contributed by atoms with E-state index in [0.29, 0.717) is 0 Å². The molecule has 0 radical (unpaired) electrons. The Bertz CT molecular complexity index is 509. The molecule has 0 aliphatic heterocycles. The first-order valence-electron chi connectivity index (χ1n) is 6.46. The Morgan fingerprint density at radius 1 is 0.696 bits per heavy atom. The zero-order valence-electron chi connectivity index (χ0n) is 12.1. The van der Waals surface area contributed by atoms with Crippen molar-refractivity contribution in [1.29, 1.82) is 0 Å². The van der Waals surface area contributed by atoms with E-state index in [2.05, 4.69) is 89.0 Å². The van der Waals surface area contributed by atoms with Crippen LogP contribution in [0.4, 0.5) is 0 Å². The molecule has 0 saturated heterocycles. The van der Waals surface area contributed by atoms with Crippen LogP contribution in [0.2, 0.25) is 0 Å². The second-order valence-corrected chi connectivity index (χ2v) is 7.39. The summed E-state index contributed by atoms with van der Waals surface area (Å²) in [6.45, 7) is 7.10. The maximum atomic E-state index is 3.67. The molecule has 2 aromatic carbocycles. The minimum Gasteiger partial charge on any atom is -0.103 e. The average Bonchev–Trinajstić information content (AvgIpc) is 2.54. The van der Waals surface area contributed by atoms with Crippen LogP contribution in [0.5, 0.6) is 0 Å². The molecule has 0 amide bonds. The van der Waals surface area contributed by atoms with Crippen molar-refractivity contribution in [2.45, 2.75) is 13.8 Å². The van der Waals surface area contributed by atoms with E-state index in [-0.39, 0.29) is 7.43 Å². The second kappa shape index (κ2) is 16.7. The molecule has 0 aromatic heterocycles. The van der Waals surface area contributed by atoms with Crippen molar-refractivity contribution in [2.24, 2.45) is 0 Å². The van der Waals surface area contributed by atoms with Crippen LogP contribution in [0.15, 0.2) is 87.3 Å². The molecule has 0 aliphatic rings. The van der Waals surface area contributed by atoms with E-state index < -0.39 is 0 Å². The average molecular weight is 570 g/mol. The molecule has 0 atom stereocenters. The SMILES string of the molecule is Brc1ccc(Br)cc1.C.C=CCBr.C=CCc1ccc(Br)cc1. The number of allylic oxidation sites excluding steroid dienone is 2. The first-order valence-corrected chi connectivity index (χ1v) is 9.96. The van der Waals surface area contributed by atoms with E-state index in [1.807, 2.05) is 42.5 Å². The number of alkyl halides is 1. The monoisotopic (exact) mass is 566 g/mol. The van der Waals surface area contributed by atoms with Gasteiger partial charge in [0.15, 0.2) is 0 Å². The zero-order valence-corrected chi connectivity index (χ0v) is 18.5. The van der Waals surface area contributed by atoms with Gasteiger partial charge in [-0.15, -0.1) is 13.2 Å². The van der Waals surface area contributed by atoms with Crippen LogP contribution in [0.1, 0.15) is 13.0 Å². The second-order valence-electron chi connectivity index (χ2n) is 4.00. The highest BCUT2D eigenvalue weighted by atomic mass is 79.9. The van der Waals surface area contributed by atoms with E-state index in [4.69, 9.17) is 0 Å². The predicted molar refractivity (Wildman–Crippen MR) is 121 cm³/mol. The normalized spacial score (nSPS) is 8.35. The van der Waals surface area contributed by atoms with Crippen molar-refractivity contribution in [2.75, 3.05) is 5.33 Å². The fourth-order valence-electron chi connectivity index (χ4n) is 1.22. The molecule has 0 N–H and O–H groups in total. The lowest BCUT2D eigenvalue weighted by Crippen LogP contribution is -1.77. The van der Waals surface area contributed by atoms with Crippen LogP contribution in [0, 0.1) is 0 Å². The highest BCUT2D eigenvalue weighted by molar-refractivity contribution is 9.11. The molecule has 0 aliphatic carbocycles. The fraction of sp³-hybridized carbons (Fsp3) is 0.158. The zero-order chi connectivity index (χ0) is 16.8. The van der Waals surface area contributed by atoms with Gasteiger partial charge in [-0.25, -0.2) is 0 Å². The van der Waals surface area contributed by atoms with Gasteiger partial charge in [-0.2, -0.15) is 0 Å². The lowest BCUT2D eigenvalue weighted by atomic mass is 10.2. The number of hydrogen-bond donors (Lipinski definition) is 0. The molecule has 2 aromatic rings. The number of rotatable bonds is 3. The van der Waals surface area contributed by atoms with Crippen molar-refractivity contribution in [1.82, 2.24) is 0 Å². The van der Waals surface area contributed by atoms with Gasteiger partial charge in [-0.1, -0.05) is 95.4 Å². The Hall–Kier alpha value is -0.160. The summed E-state index contributed by atoms with van der Waals surface area (Å²) in [6, 6.07) is 16.2. The lowest BCUT2D eigenvalue weighted by molar-refractivity contribution is 1.27. The maximum Gasteiger partial charge on any atom is 0.0209 e. The highest BCUT2D eigenvalue weighted by Crippen LogP contribution is 2.14. The number of halogens is 4. The van der Waals surface area contributed by atoms with Crippen LogP contribution in [-0.4, -0.2) is 5.33 Å². The van der Waals surface area contributed by atoms with Crippen molar-refractivity contribution in [3.8, 4) is 0 Å². The van der Waals surface area contributed by atoms with Crippen LogP contribution >= 0.6 is 63.7 Å². The summed E-state index contributed by atoms with van der Waals surface area (Å²) < 4.78 is 3.35. The molecule has 2 rings (SSSR count). The Labute approximate surface area is 174 Å². The largest absolute Gasteiger partial charge is 0.103 e. The van der Waals surface area contributed by atoms with Gasteiger partial charge in [0.1, 0.15) is 0 Å². The number of benzene rings is 2. The van der Waals surface area contributed by atoms with Gasteiger partial charge in [0.25, 0.3) is 0 Å². The van der Waals surface area contributed by atoms with Gasteiger partial charge >= 0.3 is 0 Å². The topological polar surface area (TPSA) is 0 Å². The Kier molecular flexibility index (Phi) is 18.2. The summed E-state index contributed by atoms with van der Waals surface area (Å²) in [6.07, 6.45) is 4.65. The molecule has 0 unspecified atom stereocenters. The van der Waals surface area contributed by atoms with E-state index in [0.717, 1.165) is 25.2 Å². The van der Waals surface area contributed by atoms with E-state index in [1.165, 1.54) is 5.56 Å². The molecule has 0 saturated carbocycles. The summed E-state index contributed by atoms with van der Waals surface area (Å²) in [5, 5.41) is 0.896. The van der Waals surface area contributed by atoms with Crippen molar-refractivity contribution in [3.05, 3.63) is 92.8 Å².